The first-order valence-corrected chi connectivity index (χ1v) is 16.2. The van der Waals surface area contributed by atoms with E-state index in [2.05, 4.69) is 29.6 Å². The van der Waals surface area contributed by atoms with Gasteiger partial charge in [-0.2, -0.15) is 8.78 Å². The molecule has 0 N–H and O–H groups in total. The van der Waals surface area contributed by atoms with E-state index in [9.17, 15) is 8.78 Å². The van der Waals surface area contributed by atoms with Crippen molar-refractivity contribution in [2.75, 3.05) is 7.11 Å². The summed E-state index contributed by atoms with van der Waals surface area (Å²) in [5.41, 5.74) is 2.87. The number of imidazole rings is 1. The zero-order valence-corrected chi connectivity index (χ0v) is 23.8. The van der Waals surface area contributed by atoms with Gasteiger partial charge in [0.15, 0.2) is 8.32 Å². The summed E-state index contributed by atoms with van der Waals surface area (Å²) < 4.78 is 60.5. The molecule has 0 radical (unpaired) electrons. The Balaban J connectivity index is 1.59. The number of halogens is 3. The van der Waals surface area contributed by atoms with Gasteiger partial charge in [0.2, 0.25) is 0 Å². The molecule has 2 aromatic carbocycles. The number of nitrogens with zero attached hydrogens (tertiary/aromatic N) is 3. The quantitative estimate of drug-likeness (QED) is 0.210. The molecule has 0 unspecified atom stereocenters. The van der Waals surface area contributed by atoms with Gasteiger partial charge in [-0.1, -0.05) is 24.3 Å². The van der Waals surface area contributed by atoms with Crippen molar-refractivity contribution < 1.29 is 27.1 Å². The molecule has 206 valence electrons. The number of para-hydroxylation sites is 1. The molecule has 6 nitrogen and oxygen atoms in total. The molecular weight excluding hydrogens is 523 g/mol. The average Bonchev–Trinajstić information content (AvgIpc) is 3.38. The van der Waals surface area contributed by atoms with Crippen LogP contribution in [0.2, 0.25) is 19.6 Å². The average molecular weight is 556 g/mol. The summed E-state index contributed by atoms with van der Waals surface area (Å²) in [4.78, 5) is 9.29. The van der Waals surface area contributed by atoms with Crippen LogP contribution in [0, 0.1) is 5.82 Å². The third-order valence-electron chi connectivity index (χ3n) is 6.87. The molecule has 1 aliphatic rings. The summed E-state index contributed by atoms with van der Waals surface area (Å²) in [5.74, 6) is 0.269. The molecule has 0 aliphatic carbocycles. The van der Waals surface area contributed by atoms with E-state index in [0.717, 1.165) is 5.69 Å². The second-order valence-electron chi connectivity index (χ2n) is 11.2. The maximum Gasteiger partial charge on any atom is 0.387 e. The largest absolute Gasteiger partial charge is 0.434 e. The molecule has 2 aromatic heterocycles. The predicted octanol–water partition coefficient (Wildman–Crippen LogP) is 7.61. The topological polar surface area (TPSA) is 58.4 Å². The number of ether oxygens (including phenoxy) is 2. The van der Waals surface area contributed by atoms with Gasteiger partial charge in [0.1, 0.15) is 23.5 Å². The number of methoxy groups -OCH3 is 1. The maximum atomic E-state index is 15.4. The normalized spacial score (nSPS) is 17.7. The Morgan fingerprint density at radius 1 is 1.08 bits per heavy atom. The van der Waals surface area contributed by atoms with Crippen molar-refractivity contribution in [2.45, 2.75) is 64.3 Å². The number of rotatable bonds is 8. The highest BCUT2D eigenvalue weighted by atomic mass is 28.4. The van der Waals surface area contributed by atoms with E-state index in [1.165, 1.54) is 12.1 Å². The number of hydrogen-bond donors (Lipinski definition) is 0. The van der Waals surface area contributed by atoms with Gasteiger partial charge < -0.3 is 18.5 Å². The molecule has 0 fully saturated rings. The van der Waals surface area contributed by atoms with E-state index in [-0.39, 0.29) is 17.9 Å². The van der Waals surface area contributed by atoms with Crippen molar-refractivity contribution in [1.82, 2.24) is 14.5 Å². The van der Waals surface area contributed by atoms with E-state index >= 15 is 4.39 Å². The van der Waals surface area contributed by atoms with Crippen LogP contribution in [0.15, 0.2) is 54.7 Å². The number of pyridine rings is 1. The highest BCUT2D eigenvalue weighted by Gasteiger charge is 2.37. The van der Waals surface area contributed by atoms with Crippen molar-refractivity contribution in [1.29, 1.82) is 0 Å². The Labute approximate surface area is 226 Å². The third-order valence-corrected chi connectivity index (χ3v) is 8.00. The van der Waals surface area contributed by atoms with Crippen LogP contribution in [-0.2, 0) is 14.8 Å². The SMILES string of the molecule is CO[C@@H]1C[C@H](c2ccccc2OC(F)F)n2c1nc1cc(F)c(-c3ccc(C(C)(C)O[Si](C)(C)C)nc3)cc12. The summed E-state index contributed by atoms with van der Waals surface area (Å²) in [5, 5.41) is 0. The molecule has 4 aromatic rings. The number of alkyl halides is 2. The summed E-state index contributed by atoms with van der Waals surface area (Å²) in [6.45, 7) is 7.38. The summed E-state index contributed by atoms with van der Waals surface area (Å²) in [6, 6.07) is 13.2. The second-order valence-corrected chi connectivity index (χ2v) is 15.6. The lowest BCUT2D eigenvalue weighted by Gasteiger charge is -2.32. The molecule has 0 saturated heterocycles. The molecule has 0 amide bonds. The van der Waals surface area contributed by atoms with E-state index in [0.29, 0.717) is 40.0 Å². The van der Waals surface area contributed by atoms with E-state index in [4.69, 9.17) is 13.9 Å². The van der Waals surface area contributed by atoms with Crippen LogP contribution >= 0.6 is 0 Å². The molecule has 0 spiro atoms. The van der Waals surface area contributed by atoms with Crippen LogP contribution in [0.25, 0.3) is 22.2 Å². The van der Waals surface area contributed by atoms with Crippen LogP contribution < -0.4 is 4.74 Å². The fraction of sp³-hybridized carbons (Fsp3) is 0.379. The highest BCUT2D eigenvalue weighted by molar-refractivity contribution is 6.69. The van der Waals surface area contributed by atoms with Crippen LogP contribution in [0.4, 0.5) is 13.2 Å². The molecular formula is C29H32F3N3O3Si. The van der Waals surface area contributed by atoms with Crippen molar-refractivity contribution >= 4 is 19.4 Å². The van der Waals surface area contributed by atoms with Gasteiger partial charge in [-0.05, 0) is 51.7 Å². The van der Waals surface area contributed by atoms with Gasteiger partial charge in [0.25, 0.3) is 0 Å². The molecule has 1 aliphatic heterocycles. The predicted molar refractivity (Wildman–Crippen MR) is 146 cm³/mol. The van der Waals surface area contributed by atoms with Crippen LogP contribution in [0.5, 0.6) is 5.75 Å². The summed E-state index contributed by atoms with van der Waals surface area (Å²) in [6.07, 6.45) is 1.74. The van der Waals surface area contributed by atoms with E-state index in [1.807, 2.05) is 30.5 Å². The van der Waals surface area contributed by atoms with Gasteiger partial charge in [0, 0.05) is 42.5 Å². The molecule has 5 rings (SSSR count). The summed E-state index contributed by atoms with van der Waals surface area (Å²) >= 11 is 0. The maximum absolute atomic E-state index is 15.4. The van der Waals surface area contributed by atoms with Crippen molar-refractivity contribution in [3.05, 3.63) is 77.6 Å². The van der Waals surface area contributed by atoms with Crippen LogP contribution in [-0.4, -0.2) is 36.6 Å². The Morgan fingerprint density at radius 3 is 2.46 bits per heavy atom. The Bertz CT molecular complexity index is 1500. The van der Waals surface area contributed by atoms with E-state index < -0.39 is 26.3 Å². The zero-order valence-electron chi connectivity index (χ0n) is 22.8. The Kier molecular flexibility index (Phi) is 7.07. The molecule has 10 heteroatoms. The number of benzene rings is 2. The lowest BCUT2D eigenvalue weighted by atomic mass is 10.0. The van der Waals surface area contributed by atoms with Crippen molar-refractivity contribution in [3.63, 3.8) is 0 Å². The van der Waals surface area contributed by atoms with Gasteiger partial charge >= 0.3 is 6.61 Å². The minimum atomic E-state index is -2.96. The van der Waals surface area contributed by atoms with Crippen molar-refractivity contribution in [2.24, 2.45) is 0 Å². The molecule has 3 heterocycles. The van der Waals surface area contributed by atoms with Gasteiger partial charge in [-0.15, -0.1) is 0 Å². The number of aromatic nitrogens is 3. The first-order chi connectivity index (χ1) is 18.4. The summed E-state index contributed by atoms with van der Waals surface area (Å²) in [7, 11) is -0.248. The monoisotopic (exact) mass is 555 g/mol. The first-order valence-electron chi connectivity index (χ1n) is 12.8. The van der Waals surface area contributed by atoms with E-state index in [1.54, 1.807) is 37.6 Å². The fourth-order valence-electron chi connectivity index (χ4n) is 5.48. The molecule has 2 atom stereocenters. The smallest absolute Gasteiger partial charge is 0.387 e. The second kappa shape index (κ2) is 10.1. The van der Waals surface area contributed by atoms with Crippen LogP contribution in [0.1, 0.15) is 49.5 Å². The Hall–Kier alpha value is -3.21. The fourth-order valence-corrected chi connectivity index (χ4v) is 7.11. The third kappa shape index (κ3) is 5.33. The zero-order chi connectivity index (χ0) is 28.1. The van der Waals surface area contributed by atoms with Crippen LogP contribution in [0.3, 0.4) is 0 Å². The first kappa shape index (κ1) is 27.4. The lowest BCUT2D eigenvalue weighted by Crippen LogP contribution is -2.37. The highest BCUT2D eigenvalue weighted by Crippen LogP contribution is 2.46. The van der Waals surface area contributed by atoms with Gasteiger partial charge in [0.05, 0.1) is 28.4 Å². The minimum absolute atomic E-state index is 0.0901. The molecule has 0 saturated carbocycles. The number of hydrogen-bond acceptors (Lipinski definition) is 5. The van der Waals surface area contributed by atoms with Gasteiger partial charge in [-0.25, -0.2) is 9.37 Å². The lowest BCUT2D eigenvalue weighted by molar-refractivity contribution is -0.0507. The Morgan fingerprint density at radius 2 is 1.82 bits per heavy atom. The standard InChI is InChI=1S/C29H32F3N3O3Si/c1-29(2,38-39(4,5)6)26-12-11-17(16-33-26)19-13-23-21(14-20(19)30)34-27-25(36-3)15-22(35(23)27)18-9-7-8-10-24(18)37-28(31)32/h7-14,16,22,25,28H,15H2,1-6H3/t22-,25-/m1/s1. The molecule has 39 heavy (non-hydrogen) atoms. The number of fused-ring (bicyclic) bond motifs is 3. The minimum Gasteiger partial charge on any atom is -0.434 e. The molecule has 0 bridgehead atoms. The van der Waals surface area contributed by atoms with Gasteiger partial charge in [-0.3, -0.25) is 4.98 Å². The van der Waals surface area contributed by atoms with Crippen molar-refractivity contribution in [3.8, 4) is 16.9 Å².